The maximum absolute atomic E-state index is 2.27. The Balaban J connectivity index is 2.58. The van der Waals surface area contributed by atoms with Gasteiger partial charge in [0.1, 0.15) is 0 Å². The second kappa shape index (κ2) is 3.19. The highest BCUT2D eigenvalue weighted by molar-refractivity contribution is 8.78. The summed E-state index contributed by atoms with van der Waals surface area (Å²) in [6.45, 7) is 4.33. The van der Waals surface area contributed by atoms with Gasteiger partial charge in [0.05, 0.1) is 0 Å². The molecule has 0 N–H and O–H groups in total. The first-order valence-electron chi connectivity index (χ1n) is 3.88. The fourth-order valence-electron chi connectivity index (χ4n) is 1.20. The van der Waals surface area contributed by atoms with E-state index in [9.17, 15) is 0 Å². The first kappa shape index (κ1) is 8.27. The van der Waals surface area contributed by atoms with Gasteiger partial charge in [-0.25, -0.2) is 0 Å². The Bertz CT molecular complexity index is 340. The van der Waals surface area contributed by atoms with Crippen LogP contribution in [-0.4, -0.2) is 0 Å². The summed E-state index contributed by atoms with van der Waals surface area (Å²) in [5.41, 5.74) is 4.13. The van der Waals surface area contributed by atoms with Crippen molar-refractivity contribution in [2.45, 2.75) is 18.7 Å². The lowest BCUT2D eigenvalue weighted by atomic mass is 10.1. The summed E-state index contributed by atoms with van der Waals surface area (Å²) in [6.07, 6.45) is 2.18. The van der Waals surface area contributed by atoms with Gasteiger partial charge < -0.3 is 0 Å². The van der Waals surface area contributed by atoms with Gasteiger partial charge in [0.25, 0.3) is 0 Å². The lowest BCUT2D eigenvalue weighted by molar-refractivity contribution is 1.27. The molecule has 12 heavy (non-hydrogen) atoms. The predicted octanol–water partition coefficient (Wildman–Crippen LogP) is 4.03. The van der Waals surface area contributed by atoms with E-state index in [1.54, 1.807) is 10.8 Å². The van der Waals surface area contributed by atoms with Crippen molar-refractivity contribution in [1.82, 2.24) is 0 Å². The van der Waals surface area contributed by atoms with E-state index < -0.39 is 0 Å². The molecule has 2 heteroatoms. The van der Waals surface area contributed by atoms with E-state index in [0.717, 1.165) is 0 Å². The highest BCUT2D eigenvalue weighted by Crippen LogP contribution is 2.40. The molecule has 0 bridgehead atoms. The molecule has 62 valence electrons. The standard InChI is InChI=1S/C10H10S2/c1-7-5-9-3-4-11-12-10(9)6-8(7)2/h3-6H,1-2H3. The van der Waals surface area contributed by atoms with Crippen molar-refractivity contribution in [3.05, 3.63) is 34.2 Å². The van der Waals surface area contributed by atoms with Crippen molar-refractivity contribution in [2.75, 3.05) is 0 Å². The second-order valence-electron chi connectivity index (χ2n) is 2.96. The SMILES string of the molecule is Cc1cc2c(cc1C)SSC=C2. The van der Waals surface area contributed by atoms with Crippen LogP contribution in [0.25, 0.3) is 6.08 Å². The Morgan fingerprint density at radius 3 is 2.67 bits per heavy atom. The molecule has 0 saturated carbocycles. The predicted molar refractivity (Wildman–Crippen MR) is 58.4 cm³/mol. The molecule has 1 aromatic rings. The Morgan fingerprint density at radius 2 is 1.83 bits per heavy atom. The van der Waals surface area contributed by atoms with Crippen LogP contribution in [-0.2, 0) is 0 Å². The van der Waals surface area contributed by atoms with Crippen molar-refractivity contribution in [3.63, 3.8) is 0 Å². The van der Waals surface area contributed by atoms with Crippen LogP contribution in [0, 0.1) is 13.8 Å². The molecule has 1 aliphatic heterocycles. The quantitative estimate of drug-likeness (QED) is 0.572. The number of rotatable bonds is 0. The number of aryl methyl sites for hydroxylation is 2. The molecule has 1 heterocycles. The van der Waals surface area contributed by atoms with Crippen LogP contribution in [0.2, 0.25) is 0 Å². The summed E-state index contributed by atoms with van der Waals surface area (Å²) in [7, 11) is 3.63. The maximum Gasteiger partial charge on any atom is 0.0261 e. The van der Waals surface area contributed by atoms with Gasteiger partial charge in [0.2, 0.25) is 0 Å². The molecule has 0 unspecified atom stereocenters. The van der Waals surface area contributed by atoms with Gasteiger partial charge >= 0.3 is 0 Å². The molecule has 1 aliphatic rings. The maximum atomic E-state index is 2.27. The summed E-state index contributed by atoms with van der Waals surface area (Å²) in [6, 6.07) is 4.53. The van der Waals surface area contributed by atoms with Crippen molar-refractivity contribution in [3.8, 4) is 0 Å². The van der Waals surface area contributed by atoms with Crippen LogP contribution in [0.5, 0.6) is 0 Å². The zero-order valence-corrected chi connectivity index (χ0v) is 8.76. The molecule has 0 aromatic heterocycles. The van der Waals surface area contributed by atoms with Gasteiger partial charge in [-0.1, -0.05) is 27.7 Å². The van der Waals surface area contributed by atoms with E-state index >= 15 is 0 Å². The minimum atomic E-state index is 1.36. The van der Waals surface area contributed by atoms with Crippen molar-refractivity contribution >= 4 is 27.7 Å². The normalized spacial score (nSPS) is 14.5. The Labute approximate surface area is 80.8 Å². The van der Waals surface area contributed by atoms with Crippen molar-refractivity contribution < 1.29 is 0 Å². The summed E-state index contributed by atoms with van der Waals surface area (Å²) in [4.78, 5) is 1.39. The largest absolute Gasteiger partial charge is 0.0605 e. The minimum Gasteiger partial charge on any atom is -0.0605 e. The average Bonchev–Trinajstić information content (AvgIpc) is 2.07. The van der Waals surface area contributed by atoms with Gasteiger partial charge in [-0.05, 0) is 48.1 Å². The van der Waals surface area contributed by atoms with E-state index in [4.69, 9.17) is 0 Å². The van der Waals surface area contributed by atoms with Gasteiger partial charge in [-0.2, -0.15) is 0 Å². The van der Waals surface area contributed by atoms with Crippen LogP contribution < -0.4 is 0 Å². The lowest BCUT2D eigenvalue weighted by Crippen LogP contribution is -1.87. The zero-order valence-electron chi connectivity index (χ0n) is 7.13. The topological polar surface area (TPSA) is 0 Å². The van der Waals surface area contributed by atoms with Gasteiger partial charge in [0.15, 0.2) is 0 Å². The number of benzene rings is 1. The summed E-state index contributed by atoms with van der Waals surface area (Å²) >= 11 is 0. The molecule has 0 aliphatic carbocycles. The Morgan fingerprint density at radius 1 is 1.08 bits per heavy atom. The van der Waals surface area contributed by atoms with E-state index in [1.807, 2.05) is 10.8 Å². The van der Waals surface area contributed by atoms with E-state index in [-0.39, 0.29) is 0 Å². The van der Waals surface area contributed by atoms with Gasteiger partial charge in [-0.3, -0.25) is 0 Å². The Kier molecular flexibility index (Phi) is 2.20. The minimum absolute atomic E-state index is 1.36. The lowest BCUT2D eigenvalue weighted by Gasteiger charge is -2.11. The summed E-state index contributed by atoms with van der Waals surface area (Å²) in [5, 5.41) is 2.14. The average molecular weight is 194 g/mol. The molecule has 1 aromatic carbocycles. The van der Waals surface area contributed by atoms with Gasteiger partial charge in [0, 0.05) is 4.90 Å². The molecule has 0 atom stereocenters. The highest BCUT2D eigenvalue weighted by Gasteiger charge is 2.06. The third-order valence-corrected chi connectivity index (χ3v) is 4.10. The molecular formula is C10H10S2. The molecule has 2 rings (SSSR count). The summed E-state index contributed by atoms with van der Waals surface area (Å²) in [5.74, 6) is 0. The molecule has 0 spiro atoms. The first-order chi connectivity index (χ1) is 5.77. The smallest absolute Gasteiger partial charge is 0.0261 e. The first-order valence-corrected chi connectivity index (χ1v) is 6.10. The molecule has 0 saturated heterocycles. The third-order valence-electron chi connectivity index (χ3n) is 2.07. The van der Waals surface area contributed by atoms with Crippen LogP contribution >= 0.6 is 21.6 Å². The van der Waals surface area contributed by atoms with Crippen molar-refractivity contribution in [2.24, 2.45) is 0 Å². The van der Waals surface area contributed by atoms with Crippen LogP contribution in [0.4, 0.5) is 0 Å². The fraction of sp³-hybridized carbons (Fsp3) is 0.200. The number of hydrogen-bond acceptors (Lipinski definition) is 2. The monoisotopic (exact) mass is 194 g/mol. The fourth-order valence-corrected chi connectivity index (χ4v) is 3.08. The Hall–Kier alpha value is -0.340. The van der Waals surface area contributed by atoms with E-state index in [1.165, 1.54) is 21.6 Å². The molecule has 0 radical (unpaired) electrons. The molecule has 0 amide bonds. The third kappa shape index (κ3) is 1.41. The highest BCUT2D eigenvalue weighted by atomic mass is 33.1. The second-order valence-corrected chi connectivity index (χ2v) is 5.11. The van der Waals surface area contributed by atoms with Crippen molar-refractivity contribution in [1.29, 1.82) is 0 Å². The molecular weight excluding hydrogens is 184 g/mol. The number of fused-ring (bicyclic) bond motifs is 1. The van der Waals surface area contributed by atoms with Crippen LogP contribution in [0.1, 0.15) is 16.7 Å². The molecule has 0 nitrogen and oxygen atoms in total. The van der Waals surface area contributed by atoms with Crippen LogP contribution in [0.15, 0.2) is 22.4 Å². The van der Waals surface area contributed by atoms with Gasteiger partial charge in [-0.15, -0.1) is 0 Å². The van der Waals surface area contributed by atoms with E-state index in [0.29, 0.717) is 0 Å². The van der Waals surface area contributed by atoms with Crippen LogP contribution in [0.3, 0.4) is 0 Å². The number of hydrogen-bond donors (Lipinski definition) is 0. The zero-order chi connectivity index (χ0) is 8.55. The summed E-state index contributed by atoms with van der Waals surface area (Å²) < 4.78 is 0. The van der Waals surface area contributed by atoms with E-state index in [2.05, 4.69) is 37.5 Å². The molecule has 0 fully saturated rings.